The molecule has 1 N–H and O–H groups in total. The Morgan fingerprint density at radius 1 is 1.31 bits per heavy atom. The van der Waals surface area contributed by atoms with E-state index < -0.39 is 0 Å². The van der Waals surface area contributed by atoms with E-state index in [-0.39, 0.29) is 12.5 Å². The zero-order valence-electron chi connectivity index (χ0n) is 17.7. The number of aryl methyl sites for hydroxylation is 2. The third-order valence-electron chi connectivity index (χ3n) is 5.38. The predicted molar refractivity (Wildman–Crippen MR) is 112 cm³/mol. The van der Waals surface area contributed by atoms with E-state index in [1.807, 2.05) is 22.9 Å². The van der Waals surface area contributed by atoms with Gasteiger partial charge in [-0.1, -0.05) is 12.1 Å². The van der Waals surface area contributed by atoms with Crippen molar-refractivity contribution in [2.24, 2.45) is 5.92 Å². The van der Waals surface area contributed by atoms with Crippen molar-refractivity contribution >= 4 is 5.91 Å². The van der Waals surface area contributed by atoms with Crippen molar-refractivity contribution in [2.75, 3.05) is 33.4 Å². The van der Waals surface area contributed by atoms with Crippen molar-refractivity contribution in [3.8, 4) is 11.5 Å². The molecule has 0 unspecified atom stereocenters. The molecule has 1 aromatic heterocycles. The highest BCUT2D eigenvalue weighted by molar-refractivity contribution is 5.77. The van der Waals surface area contributed by atoms with Crippen LogP contribution in [0.2, 0.25) is 0 Å². The molecule has 1 aromatic carbocycles. The van der Waals surface area contributed by atoms with Crippen molar-refractivity contribution in [2.45, 2.75) is 39.8 Å². The fourth-order valence-corrected chi connectivity index (χ4v) is 3.77. The van der Waals surface area contributed by atoms with Crippen LogP contribution in [-0.2, 0) is 17.9 Å². The van der Waals surface area contributed by atoms with Crippen LogP contribution in [0.1, 0.15) is 31.0 Å². The molecule has 1 fully saturated rings. The number of carbonyl (C=O) groups excluding carboxylic acids is 1. The van der Waals surface area contributed by atoms with Crippen molar-refractivity contribution in [3.63, 3.8) is 0 Å². The minimum absolute atomic E-state index is 0.00773. The molecule has 0 radical (unpaired) electrons. The molecule has 1 saturated heterocycles. The summed E-state index contributed by atoms with van der Waals surface area (Å²) in [5.41, 5.74) is 2.40. The third-order valence-corrected chi connectivity index (χ3v) is 5.38. The second-order valence-corrected chi connectivity index (χ2v) is 7.58. The number of para-hydroxylation sites is 2. The number of benzene rings is 1. The minimum atomic E-state index is -0.104. The van der Waals surface area contributed by atoms with E-state index in [9.17, 15) is 4.79 Å². The first-order valence-electron chi connectivity index (χ1n) is 10.4. The lowest BCUT2D eigenvalue weighted by molar-refractivity contribution is -0.123. The van der Waals surface area contributed by atoms with Gasteiger partial charge in [-0.15, -0.1) is 0 Å². The Hall–Kier alpha value is -2.54. The Kier molecular flexibility index (Phi) is 7.52. The predicted octanol–water partition coefficient (Wildman–Crippen LogP) is 2.63. The molecular formula is C22H32N4O3. The first-order chi connectivity index (χ1) is 14.1. The standard InChI is InChI=1S/C22H32N4O3/c1-4-26-15-19(17(2)24-26)14-25-11-7-8-18(13-25)12-23-22(27)16-29-21-10-6-5-9-20(21)28-3/h5-6,9-10,15,18H,4,7-8,11-14,16H2,1-3H3,(H,23,27)/t18-/m0/s1. The maximum atomic E-state index is 12.2. The molecule has 1 atom stereocenters. The van der Waals surface area contributed by atoms with Gasteiger partial charge < -0.3 is 14.8 Å². The quantitative estimate of drug-likeness (QED) is 0.701. The number of piperidine rings is 1. The van der Waals surface area contributed by atoms with Gasteiger partial charge in [-0.25, -0.2) is 0 Å². The van der Waals surface area contributed by atoms with Gasteiger partial charge in [-0.3, -0.25) is 14.4 Å². The second kappa shape index (κ2) is 10.3. The second-order valence-electron chi connectivity index (χ2n) is 7.58. The number of ether oxygens (including phenoxy) is 2. The highest BCUT2D eigenvalue weighted by atomic mass is 16.5. The Morgan fingerprint density at radius 2 is 2.10 bits per heavy atom. The summed E-state index contributed by atoms with van der Waals surface area (Å²) >= 11 is 0. The van der Waals surface area contributed by atoms with Crippen LogP contribution in [0.25, 0.3) is 0 Å². The van der Waals surface area contributed by atoms with Crippen LogP contribution in [0.3, 0.4) is 0 Å². The molecule has 0 bridgehead atoms. The Bertz CT molecular complexity index is 805. The van der Waals surface area contributed by atoms with Crippen LogP contribution in [-0.4, -0.2) is 53.9 Å². The van der Waals surface area contributed by atoms with Gasteiger partial charge in [0.1, 0.15) is 0 Å². The monoisotopic (exact) mass is 400 g/mol. The van der Waals surface area contributed by atoms with Crippen LogP contribution in [0.5, 0.6) is 11.5 Å². The van der Waals surface area contributed by atoms with Gasteiger partial charge in [-0.05, 0) is 51.3 Å². The van der Waals surface area contributed by atoms with Gasteiger partial charge in [0.25, 0.3) is 5.91 Å². The number of hydrogen-bond donors (Lipinski definition) is 1. The zero-order chi connectivity index (χ0) is 20.6. The van der Waals surface area contributed by atoms with Gasteiger partial charge >= 0.3 is 0 Å². The molecule has 158 valence electrons. The van der Waals surface area contributed by atoms with Crippen LogP contribution >= 0.6 is 0 Å². The molecule has 1 amide bonds. The molecule has 0 spiro atoms. The number of aromatic nitrogens is 2. The van der Waals surface area contributed by atoms with Gasteiger partial charge in [-0.2, -0.15) is 5.10 Å². The minimum Gasteiger partial charge on any atom is -0.493 e. The lowest BCUT2D eigenvalue weighted by Crippen LogP contribution is -2.41. The molecule has 2 aromatic rings. The van der Waals surface area contributed by atoms with Gasteiger partial charge in [0.2, 0.25) is 0 Å². The largest absolute Gasteiger partial charge is 0.493 e. The molecule has 29 heavy (non-hydrogen) atoms. The van der Waals surface area contributed by atoms with Gasteiger partial charge in [0.05, 0.1) is 12.8 Å². The average molecular weight is 401 g/mol. The molecule has 7 nitrogen and oxygen atoms in total. The Balaban J connectivity index is 1.43. The number of methoxy groups -OCH3 is 1. The molecule has 1 aliphatic rings. The van der Waals surface area contributed by atoms with Gasteiger partial charge in [0.15, 0.2) is 18.1 Å². The average Bonchev–Trinajstić information content (AvgIpc) is 3.10. The van der Waals surface area contributed by atoms with E-state index in [1.54, 1.807) is 13.2 Å². The lowest BCUT2D eigenvalue weighted by Gasteiger charge is -2.32. The van der Waals surface area contributed by atoms with E-state index in [1.165, 1.54) is 5.56 Å². The topological polar surface area (TPSA) is 68.6 Å². The molecule has 0 aliphatic carbocycles. The number of carbonyl (C=O) groups is 1. The van der Waals surface area contributed by atoms with E-state index >= 15 is 0 Å². The number of nitrogens with zero attached hydrogens (tertiary/aromatic N) is 3. The van der Waals surface area contributed by atoms with Crippen molar-refractivity contribution in [1.82, 2.24) is 20.0 Å². The molecule has 2 heterocycles. The van der Waals surface area contributed by atoms with Crippen LogP contribution < -0.4 is 14.8 Å². The smallest absolute Gasteiger partial charge is 0.257 e. The number of amides is 1. The van der Waals surface area contributed by atoms with Crippen LogP contribution in [0.4, 0.5) is 0 Å². The fraction of sp³-hybridized carbons (Fsp3) is 0.545. The number of hydrogen-bond acceptors (Lipinski definition) is 5. The van der Waals surface area contributed by atoms with Crippen molar-refractivity contribution < 1.29 is 14.3 Å². The van der Waals surface area contributed by atoms with E-state index in [2.05, 4.69) is 35.4 Å². The van der Waals surface area contributed by atoms with Gasteiger partial charge in [0, 0.05) is 37.9 Å². The maximum absolute atomic E-state index is 12.2. The first-order valence-corrected chi connectivity index (χ1v) is 10.4. The third kappa shape index (κ3) is 5.97. The summed E-state index contributed by atoms with van der Waals surface area (Å²) in [6.07, 6.45) is 4.44. The normalized spacial score (nSPS) is 17.1. The lowest BCUT2D eigenvalue weighted by atomic mass is 9.97. The Morgan fingerprint density at radius 3 is 2.83 bits per heavy atom. The first kappa shape index (κ1) is 21.2. The number of rotatable bonds is 9. The molecule has 0 saturated carbocycles. The summed E-state index contributed by atoms with van der Waals surface area (Å²) in [4.78, 5) is 14.7. The molecule has 3 rings (SSSR count). The number of likely N-dealkylation sites (tertiary alicyclic amines) is 1. The molecule has 1 aliphatic heterocycles. The van der Waals surface area contributed by atoms with Crippen LogP contribution in [0, 0.1) is 12.8 Å². The summed E-state index contributed by atoms with van der Waals surface area (Å²) in [5.74, 6) is 1.57. The number of nitrogens with one attached hydrogen (secondary N) is 1. The highest BCUT2D eigenvalue weighted by Crippen LogP contribution is 2.25. The summed E-state index contributed by atoms with van der Waals surface area (Å²) < 4.78 is 12.8. The molecular weight excluding hydrogens is 368 g/mol. The van der Waals surface area contributed by atoms with E-state index in [4.69, 9.17) is 9.47 Å². The van der Waals surface area contributed by atoms with Crippen molar-refractivity contribution in [1.29, 1.82) is 0 Å². The van der Waals surface area contributed by atoms with E-state index in [0.717, 1.165) is 44.7 Å². The highest BCUT2D eigenvalue weighted by Gasteiger charge is 2.21. The SMILES string of the molecule is CCn1cc(CN2CCC[C@@H](CNC(=O)COc3ccccc3OC)C2)c(C)n1. The van der Waals surface area contributed by atoms with Crippen molar-refractivity contribution in [3.05, 3.63) is 41.7 Å². The Labute approximate surface area is 173 Å². The van der Waals surface area contributed by atoms with Crippen LogP contribution in [0.15, 0.2) is 30.5 Å². The summed E-state index contributed by atoms with van der Waals surface area (Å²) in [5, 5.41) is 7.56. The fourth-order valence-electron chi connectivity index (χ4n) is 3.77. The molecule has 7 heteroatoms. The maximum Gasteiger partial charge on any atom is 0.257 e. The summed E-state index contributed by atoms with van der Waals surface area (Å²) in [6.45, 7) is 8.75. The summed E-state index contributed by atoms with van der Waals surface area (Å²) in [7, 11) is 1.59. The zero-order valence-corrected chi connectivity index (χ0v) is 17.7. The van der Waals surface area contributed by atoms with E-state index in [0.29, 0.717) is 24.0 Å². The summed E-state index contributed by atoms with van der Waals surface area (Å²) in [6, 6.07) is 7.34.